The van der Waals surface area contributed by atoms with Crippen molar-refractivity contribution in [2.24, 2.45) is 0 Å². The van der Waals surface area contributed by atoms with Gasteiger partial charge in [0.05, 0.1) is 12.2 Å². The number of amides is 1. The second-order valence-corrected chi connectivity index (χ2v) is 4.84. The average molecular weight is 280 g/mol. The van der Waals surface area contributed by atoms with Crippen molar-refractivity contribution in [3.8, 4) is 0 Å². The molecular formula is C16H16N4O. The van der Waals surface area contributed by atoms with E-state index in [1.54, 1.807) is 12.3 Å². The van der Waals surface area contributed by atoms with Crippen molar-refractivity contribution in [2.75, 3.05) is 0 Å². The van der Waals surface area contributed by atoms with E-state index < -0.39 is 0 Å². The Bertz CT molecular complexity index is 736. The molecule has 0 aliphatic rings. The van der Waals surface area contributed by atoms with Gasteiger partial charge in [-0.15, -0.1) is 0 Å². The first kappa shape index (κ1) is 13.3. The number of aromatic nitrogens is 3. The first-order valence-electron chi connectivity index (χ1n) is 6.89. The van der Waals surface area contributed by atoms with Gasteiger partial charge in [-0.25, -0.2) is 9.97 Å². The molecule has 21 heavy (non-hydrogen) atoms. The maximum Gasteiger partial charge on any atom is 0.220 e. The summed E-state index contributed by atoms with van der Waals surface area (Å²) in [6.07, 6.45) is 6.31. The number of hydrogen-bond donors (Lipinski definition) is 2. The maximum atomic E-state index is 11.9. The lowest BCUT2D eigenvalue weighted by Crippen LogP contribution is -2.23. The highest BCUT2D eigenvalue weighted by Gasteiger charge is 2.06. The maximum absolute atomic E-state index is 11.9. The van der Waals surface area contributed by atoms with Gasteiger partial charge in [-0.05, 0) is 24.1 Å². The number of carbonyl (C=O) groups is 1. The molecular weight excluding hydrogens is 264 g/mol. The lowest BCUT2D eigenvalue weighted by atomic mass is 10.1. The summed E-state index contributed by atoms with van der Waals surface area (Å²) in [5, 5.41) is 4.05. The molecule has 0 saturated carbocycles. The van der Waals surface area contributed by atoms with Crippen molar-refractivity contribution in [1.82, 2.24) is 20.3 Å². The predicted octanol–water partition coefficient (Wildman–Crippen LogP) is 2.21. The molecule has 0 unspecified atom stereocenters. The summed E-state index contributed by atoms with van der Waals surface area (Å²) >= 11 is 0. The van der Waals surface area contributed by atoms with Crippen LogP contribution in [0.5, 0.6) is 0 Å². The number of para-hydroxylation sites is 1. The summed E-state index contributed by atoms with van der Waals surface area (Å²) in [6, 6.07) is 9.90. The highest BCUT2D eigenvalue weighted by atomic mass is 16.1. The zero-order chi connectivity index (χ0) is 14.5. The standard InChI is InChI=1S/C16H16N4O/c21-16(19-10-13-7-8-17-11-20-13)6-5-12-9-18-15-4-2-1-3-14(12)15/h1-4,7-9,11,18H,5-6,10H2,(H,19,21). The van der Waals surface area contributed by atoms with Gasteiger partial charge in [0.1, 0.15) is 6.33 Å². The zero-order valence-corrected chi connectivity index (χ0v) is 11.5. The number of hydrogen-bond acceptors (Lipinski definition) is 3. The topological polar surface area (TPSA) is 70.7 Å². The van der Waals surface area contributed by atoms with Crippen molar-refractivity contribution in [2.45, 2.75) is 19.4 Å². The van der Waals surface area contributed by atoms with E-state index in [0.29, 0.717) is 13.0 Å². The van der Waals surface area contributed by atoms with Crippen molar-refractivity contribution < 1.29 is 4.79 Å². The quantitative estimate of drug-likeness (QED) is 0.752. The minimum absolute atomic E-state index is 0.0268. The molecule has 3 aromatic rings. The molecule has 3 rings (SSSR count). The van der Waals surface area contributed by atoms with Crippen LogP contribution in [0.1, 0.15) is 17.7 Å². The zero-order valence-electron chi connectivity index (χ0n) is 11.5. The van der Waals surface area contributed by atoms with E-state index in [0.717, 1.165) is 17.6 Å². The van der Waals surface area contributed by atoms with Gasteiger partial charge in [-0.3, -0.25) is 4.79 Å². The summed E-state index contributed by atoms with van der Waals surface area (Å²) in [5.74, 6) is 0.0268. The molecule has 0 fully saturated rings. The summed E-state index contributed by atoms with van der Waals surface area (Å²) < 4.78 is 0. The second-order valence-electron chi connectivity index (χ2n) is 4.84. The molecule has 0 bridgehead atoms. The molecule has 106 valence electrons. The van der Waals surface area contributed by atoms with Gasteiger partial charge >= 0.3 is 0 Å². The van der Waals surface area contributed by atoms with E-state index in [9.17, 15) is 4.79 Å². The Balaban J connectivity index is 1.54. The Hall–Kier alpha value is -2.69. The van der Waals surface area contributed by atoms with Gasteiger partial charge in [0.15, 0.2) is 0 Å². The highest BCUT2D eigenvalue weighted by Crippen LogP contribution is 2.18. The van der Waals surface area contributed by atoms with Crippen molar-refractivity contribution in [3.05, 3.63) is 60.3 Å². The van der Waals surface area contributed by atoms with Crippen LogP contribution in [-0.2, 0) is 17.8 Å². The Kier molecular flexibility index (Phi) is 3.91. The third-order valence-electron chi connectivity index (χ3n) is 3.41. The first-order valence-corrected chi connectivity index (χ1v) is 6.89. The Morgan fingerprint density at radius 3 is 3.00 bits per heavy atom. The van der Waals surface area contributed by atoms with Gasteiger partial charge < -0.3 is 10.3 Å². The molecule has 5 nitrogen and oxygen atoms in total. The van der Waals surface area contributed by atoms with Crippen LogP contribution in [0.15, 0.2) is 49.1 Å². The minimum Gasteiger partial charge on any atom is -0.361 e. The molecule has 0 atom stereocenters. The normalized spacial score (nSPS) is 10.7. The molecule has 0 saturated heterocycles. The number of carbonyl (C=O) groups excluding carboxylic acids is 1. The number of fused-ring (bicyclic) bond motifs is 1. The Morgan fingerprint density at radius 2 is 2.14 bits per heavy atom. The molecule has 5 heteroatoms. The molecule has 2 heterocycles. The molecule has 0 aliphatic heterocycles. The van der Waals surface area contributed by atoms with E-state index in [-0.39, 0.29) is 5.91 Å². The van der Waals surface area contributed by atoms with Crippen LogP contribution in [0, 0.1) is 0 Å². The molecule has 1 aromatic carbocycles. The molecule has 2 aromatic heterocycles. The van der Waals surface area contributed by atoms with E-state index in [2.05, 4.69) is 26.3 Å². The lowest BCUT2D eigenvalue weighted by Gasteiger charge is -2.04. The Labute approximate surface area is 122 Å². The van der Waals surface area contributed by atoms with Crippen LogP contribution in [-0.4, -0.2) is 20.9 Å². The first-order chi connectivity index (χ1) is 10.3. The van der Waals surface area contributed by atoms with Crippen molar-refractivity contribution in [3.63, 3.8) is 0 Å². The van der Waals surface area contributed by atoms with E-state index >= 15 is 0 Å². The van der Waals surface area contributed by atoms with Gasteiger partial charge in [0, 0.05) is 29.7 Å². The molecule has 0 spiro atoms. The molecule has 2 N–H and O–H groups in total. The summed E-state index contributed by atoms with van der Waals surface area (Å²) in [4.78, 5) is 23.0. The summed E-state index contributed by atoms with van der Waals surface area (Å²) in [5.41, 5.74) is 3.09. The van der Waals surface area contributed by atoms with Crippen LogP contribution in [0.2, 0.25) is 0 Å². The molecule has 1 amide bonds. The van der Waals surface area contributed by atoms with Gasteiger partial charge in [-0.2, -0.15) is 0 Å². The van der Waals surface area contributed by atoms with Crippen LogP contribution < -0.4 is 5.32 Å². The predicted molar refractivity (Wildman–Crippen MR) is 80.5 cm³/mol. The second kappa shape index (κ2) is 6.17. The number of nitrogens with one attached hydrogen (secondary N) is 2. The summed E-state index contributed by atoms with van der Waals surface area (Å²) in [7, 11) is 0. The number of aryl methyl sites for hydroxylation is 1. The average Bonchev–Trinajstić information content (AvgIpc) is 2.95. The highest BCUT2D eigenvalue weighted by molar-refractivity contribution is 5.84. The van der Waals surface area contributed by atoms with Crippen LogP contribution in [0.4, 0.5) is 0 Å². The Morgan fingerprint density at radius 1 is 1.24 bits per heavy atom. The minimum atomic E-state index is 0.0268. The van der Waals surface area contributed by atoms with Crippen molar-refractivity contribution >= 4 is 16.8 Å². The van der Waals surface area contributed by atoms with E-state index in [1.807, 2.05) is 24.4 Å². The largest absolute Gasteiger partial charge is 0.361 e. The smallest absolute Gasteiger partial charge is 0.220 e. The fraction of sp³-hybridized carbons (Fsp3) is 0.188. The number of aromatic amines is 1. The van der Waals surface area contributed by atoms with Gasteiger partial charge in [-0.1, -0.05) is 18.2 Å². The molecule has 0 aliphatic carbocycles. The number of benzene rings is 1. The fourth-order valence-electron chi connectivity index (χ4n) is 2.29. The van der Waals surface area contributed by atoms with Gasteiger partial charge in [0.25, 0.3) is 0 Å². The SMILES string of the molecule is O=C(CCc1c[nH]c2ccccc12)NCc1ccncn1. The number of nitrogens with zero attached hydrogens (tertiary/aromatic N) is 2. The third kappa shape index (κ3) is 3.25. The lowest BCUT2D eigenvalue weighted by molar-refractivity contribution is -0.121. The van der Waals surface area contributed by atoms with Crippen LogP contribution in [0.3, 0.4) is 0 Å². The van der Waals surface area contributed by atoms with Crippen LogP contribution in [0.25, 0.3) is 10.9 Å². The monoisotopic (exact) mass is 280 g/mol. The van der Waals surface area contributed by atoms with Crippen LogP contribution >= 0.6 is 0 Å². The van der Waals surface area contributed by atoms with E-state index in [4.69, 9.17) is 0 Å². The molecule has 0 radical (unpaired) electrons. The van der Waals surface area contributed by atoms with E-state index in [1.165, 1.54) is 17.3 Å². The number of rotatable bonds is 5. The number of H-pyrrole nitrogens is 1. The summed E-state index contributed by atoms with van der Waals surface area (Å²) in [6.45, 7) is 0.440. The van der Waals surface area contributed by atoms with Crippen molar-refractivity contribution in [1.29, 1.82) is 0 Å². The third-order valence-corrected chi connectivity index (χ3v) is 3.41. The fourth-order valence-corrected chi connectivity index (χ4v) is 2.29. The van der Waals surface area contributed by atoms with Gasteiger partial charge in [0.2, 0.25) is 5.91 Å².